The number of ketones is 1. The van der Waals surface area contributed by atoms with E-state index in [1.165, 1.54) is 12.1 Å². The van der Waals surface area contributed by atoms with Crippen molar-refractivity contribution < 1.29 is 18.7 Å². The van der Waals surface area contributed by atoms with Gasteiger partial charge in [0, 0.05) is 11.4 Å². The molecule has 0 unspecified atom stereocenters. The lowest BCUT2D eigenvalue weighted by Crippen LogP contribution is -2.10. The van der Waals surface area contributed by atoms with Crippen molar-refractivity contribution in [2.75, 3.05) is 6.61 Å². The fourth-order valence-corrected chi connectivity index (χ4v) is 1.63. The van der Waals surface area contributed by atoms with Gasteiger partial charge in [0.25, 0.3) is 0 Å². The minimum atomic E-state index is -0.670. The number of rotatable bonds is 7. The van der Waals surface area contributed by atoms with Crippen molar-refractivity contribution in [2.24, 2.45) is 0 Å². The molecule has 0 aliphatic heterocycles. The predicted molar refractivity (Wildman–Crippen MR) is 70.8 cm³/mol. The average molecular weight is 287 g/mol. The molecular weight excluding hydrogens is 271 g/mol. The van der Waals surface area contributed by atoms with Crippen molar-refractivity contribution in [3.63, 3.8) is 0 Å². The van der Waals surface area contributed by atoms with E-state index < -0.39 is 17.6 Å². The van der Waals surface area contributed by atoms with Gasteiger partial charge in [-0.15, -0.1) is 0 Å². The molecule has 5 heteroatoms. The van der Waals surface area contributed by atoms with E-state index in [9.17, 15) is 14.0 Å². The average Bonchev–Trinajstić information content (AvgIpc) is 2.36. The van der Waals surface area contributed by atoms with Crippen molar-refractivity contribution in [2.45, 2.75) is 32.6 Å². The minimum Gasteiger partial charge on any atom is -0.466 e. The highest BCUT2D eigenvalue weighted by Gasteiger charge is 2.14. The molecule has 0 atom stereocenters. The second kappa shape index (κ2) is 7.89. The first-order valence-corrected chi connectivity index (χ1v) is 6.56. The molecule has 0 radical (unpaired) electrons. The highest BCUT2D eigenvalue weighted by atomic mass is 35.5. The number of halogens is 2. The van der Waals surface area contributed by atoms with Crippen LogP contribution in [0.25, 0.3) is 0 Å². The molecule has 0 N–H and O–H groups in total. The van der Waals surface area contributed by atoms with Crippen LogP contribution in [0.1, 0.15) is 43.0 Å². The van der Waals surface area contributed by atoms with E-state index in [1.807, 2.05) is 6.92 Å². The second-order valence-electron chi connectivity index (χ2n) is 4.12. The number of unbranched alkanes of at least 4 members (excludes halogenated alkanes) is 1. The van der Waals surface area contributed by atoms with E-state index in [-0.39, 0.29) is 23.4 Å². The molecule has 0 aliphatic rings. The Morgan fingerprint density at radius 1 is 1.32 bits per heavy atom. The van der Waals surface area contributed by atoms with Gasteiger partial charge in [-0.25, -0.2) is 4.39 Å². The van der Waals surface area contributed by atoms with Crippen molar-refractivity contribution in [3.8, 4) is 0 Å². The molecule has 3 nitrogen and oxygen atoms in total. The summed E-state index contributed by atoms with van der Waals surface area (Å²) in [7, 11) is 0. The lowest BCUT2D eigenvalue weighted by atomic mass is 10.1. The van der Waals surface area contributed by atoms with Gasteiger partial charge in [-0.1, -0.05) is 24.9 Å². The van der Waals surface area contributed by atoms with E-state index >= 15 is 0 Å². The summed E-state index contributed by atoms with van der Waals surface area (Å²) in [5, 5.41) is 0.230. The summed E-state index contributed by atoms with van der Waals surface area (Å²) in [6.45, 7) is 2.35. The van der Waals surface area contributed by atoms with Crippen molar-refractivity contribution in [1.82, 2.24) is 0 Å². The Morgan fingerprint density at radius 3 is 2.68 bits per heavy atom. The Labute approximate surface area is 116 Å². The van der Waals surface area contributed by atoms with Crippen LogP contribution in [0.2, 0.25) is 5.02 Å². The van der Waals surface area contributed by atoms with Crippen LogP contribution in [-0.4, -0.2) is 18.4 Å². The Hall–Kier alpha value is -1.42. The first kappa shape index (κ1) is 15.6. The molecule has 0 amide bonds. The third-order valence-corrected chi connectivity index (χ3v) is 2.78. The summed E-state index contributed by atoms with van der Waals surface area (Å²) >= 11 is 5.59. The highest BCUT2D eigenvalue weighted by molar-refractivity contribution is 6.30. The molecule has 0 aromatic heterocycles. The third kappa shape index (κ3) is 5.39. The number of carbonyl (C=O) groups excluding carboxylic acids is 2. The van der Waals surface area contributed by atoms with Crippen LogP contribution >= 0.6 is 11.6 Å². The quantitative estimate of drug-likeness (QED) is 0.435. The van der Waals surface area contributed by atoms with Crippen molar-refractivity contribution in [3.05, 3.63) is 34.6 Å². The maximum absolute atomic E-state index is 13.5. The molecule has 0 saturated heterocycles. The maximum Gasteiger partial charge on any atom is 0.306 e. The molecule has 0 spiro atoms. The largest absolute Gasteiger partial charge is 0.466 e. The first-order chi connectivity index (χ1) is 9.04. The summed E-state index contributed by atoms with van der Waals surface area (Å²) in [4.78, 5) is 23.0. The van der Waals surface area contributed by atoms with E-state index in [2.05, 4.69) is 0 Å². The van der Waals surface area contributed by atoms with Crippen LogP contribution in [0.3, 0.4) is 0 Å². The zero-order valence-electron chi connectivity index (χ0n) is 10.7. The van der Waals surface area contributed by atoms with Crippen LogP contribution < -0.4 is 0 Å². The molecule has 104 valence electrons. The van der Waals surface area contributed by atoms with Gasteiger partial charge in [0.1, 0.15) is 5.82 Å². The van der Waals surface area contributed by atoms with Crippen molar-refractivity contribution >= 4 is 23.4 Å². The number of esters is 1. The number of carbonyl (C=O) groups is 2. The fraction of sp³-hybridized carbons (Fsp3) is 0.429. The second-order valence-corrected chi connectivity index (χ2v) is 4.56. The SMILES string of the molecule is CCCCOC(=O)CCC(=O)c1ccc(Cl)cc1F. The monoisotopic (exact) mass is 286 g/mol. The minimum absolute atomic E-state index is 0.0371. The van der Waals surface area contributed by atoms with E-state index in [1.54, 1.807) is 0 Å². The summed E-state index contributed by atoms with van der Waals surface area (Å²) in [5.74, 6) is -1.53. The van der Waals surface area contributed by atoms with Gasteiger partial charge >= 0.3 is 5.97 Å². The molecule has 1 aromatic carbocycles. The van der Waals surface area contributed by atoms with E-state index in [0.29, 0.717) is 6.61 Å². The van der Waals surface area contributed by atoms with Gasteiger partial charge in [0.15, 0.2) is 5.78 Å². The fourth-order valence-electron chi connectivity index (χ4n) is 1.47. The third-order valence-electron chi connectivity index (χ3n) is 2.55. The number of Topliss-reactive ketones (excluding diaryl/α,β-unsaturated/α-hetero) is 1. The molecule has 0 fully saturated rings. The molecule has 1 aromatic rings. The lowest BCUT2D eigenvalue weighted by Gasteiger charge is -2.04. The Kier molecular flexibility index (Phi) is 6.50. The number of benzene rings is 1. The van der Waals surface area contributed by atoms with Crippen LogP contribution in [0.4, 0.5) is 4.39 Å². The molecule has 0 saturated carbocycles. The Balaban J connectivity index is 2.45. The van der Waals surface area contributed by atoms with Crippen LogP contribution in [0.5, 0.6) is 0 Å². The standard InChI is InChI=1S/C14H16ClFO3/c1-2-3-8-19-14(18)7-6-13(17)11-5-4-10(15)9-12(11)16/h4-5,9H,2-3,6-8H2,1H3. The molecule has 0 bridgehead atoms. The molecule has 1 rings (SSSR count). The van der Waals surface area contributed by atoms with E-state index in [4.69, 9.17) is 16.3 Å². The predicted octanol–water partition coefficient (Wildman–Crippen LogP) is 3.79. The van der Waals surface area contributed by atoms with Crippen LogP contribution in [-0.2, 0) is 9.53 Å². The Bertz CT molecular complexity index is 460. The van der Waals surface area contributed by atoms with Gasteiger partial charge in [0.2, 0.25) is 0 Å². The summed E-state index contributed by atoms with van der Waals surface area (Å²) < 4.78 is 18.4. The topological polar surface area (TPSA) is 43.4 Å². The van der Waals surface area contributed by atoms with Crippen LogP contribution in [0, 0.1) is 5.82 Å². The smallest absolute Gasteiger partial charge is 0.306 e. The van der Waals surface area contributed by atoms with Gasteiger partial charge in [0.05, 0.1) is 18.6 Å². The number of ether oxygens (including phenoxy) is 1. The van der Waals surface area contributed by atoms with Gasteiger partial charge in [-0.3, -0.25) is 9.59 Å². The molecule has 0 aliphatic carbocycles. The summed E-state index contributed by atoms with van der Waals surface area (Å²) in [5.41, 5.74) is -0.0502. The number of hydrogen-bond donors (Lipinski definition) is 0. The zero-order valence-corrected chi connectivity index (χ0v) is 11.5. The zero-order chi connectivity index (χ0) is 14.3. The molecule has 19 heavy (non-hydrogen) atoms. The normalized spacial score (nSPS) is 10.3. The molecule has 0 heterocycles. The van der Waals surface area contributed by atoms with Crippen LogP contribution in [0.15, 0.2) is 18.2 Å². The number of hydrogen-bond acceptors (Lipinski definition) is 3. The van der Waals surface area contributed by atoms with Gasteiger partial charge in [-0.2, -0.15) is 0 Å². The van der Waals surface area contributed by atoms with Gasteiger partial charge < -0.3 is 4.74 Å². The first-order valence-electron chi connectivity index (χ1n) is 6.18. The van der Waals surface area contributed by atoms with E-state index in [0.717, 1.165) is 18.9 Å². The highest BCUT2D eigenvalue weighted by Crippen LogP contribution is 2.16. The summed E-state index contributed by atoms with van der Waals surface area (Å²) in [6, 6.07) is 3.84. The maximum atomic E-state index is 13.5. The molecular formula is C14H16ClFO3. The Morgan fingerprint density at radius 2 is 2.05 bits per heavy atom. The summed E-state index contributed by atoms with van der Waals surface area (Å²) in [6.07, 6.45) is 1.63. The van der Waals surface area contributed by atoms with Crippen molar-refractivity contribution in [1.29, 1.82) is 0 Å². The lowest BCUT2D eigenvalue weighted by molar-refractivity contribution is -0.143. The van der Waals surface area contributed by atoms with Gasteiger partial charge in [-0.05, 0) is 24.6 Å².